The molecule has 0 spiro atoms. The zero-order valence-electron chi connectivity index (χ0n) is 18.3. The minimum absolute atomic E-state index is 0.0278. The van der Waals surface area contributed by atoms with E-state index in [0.29, 0.717) is 11.7 Å². The zero-order chi connectivity index (χ0) is 21.6. The van der Waals surface area contributed by atoms with E-state index in [1.165, 1.54) is 4.88 Å². The minimum Gasteiger partial charge on any atom is -0.392 e. The maximum absolute atomic E-state index is 13.2. The van der Waals surface area contributed by atoms with Gasteiger partial charge in [-0.1, -0.05) is 51.1 Å². The fourth-order valence-corrected chi connectivity index (χ4v) is 7.17. The van der Waals surface area contributed by atoms with Crippen molar-refractivity contribution in [2.45, 2.75) is 58.6 Å². The number of aliphatic hydroxyl groups excluding tert-OH is 1. The molecule has 0 radical (unpaired) electrons. The minimum atomic E-state index is -0.515. The number of carbonyl (C=O) groups is 1. The first-order valence-electron chi connectivity index (χ1n) is 10.9. The summed E-state index contributed by atoms with van der Waals surface area (Å²) in [5.41, 5.74) is 8.20. The van der Waals surface area contributed by atoms with Crippen LogP contribution in [0.3, 0.4) is 0 Å². The van der Waals surface area contributed by atoms with Gasteiger partial charge in [0.25, 0.3) is 0 Å². The van der Waals surface area contributed by atoms with E-state index >= 15 is 0 Å². The first kappa shape index (κ1) is 21.3. The topological polar surface area (TPSA) is 79.5 Å². The number of nitrogens with zero attached hydrogens (tertiary/aromatic N) is 2. The predicted molar refractivity (Wildman–Crippen MR) is 121 cm³/mol. The van der Waals surface area contributed by atoms with Crippen LogP contribution in [0.25, 0.3) is 0 Å². The van der Waals surface area contributed by atoms with Gasteiger partial charge in [0.1, 0.15) is 0 Å². The summed E-state index contributed by atoms with van der Waals surface area (Å²) in [5.74, 6) is 0.101. The molecule has 1 saturated carbocycles. The zero-order valence-corrected chi connectivity index (χ0v) is 19.2. The van der Waals surface area contributed by atoms with Crippen molar-refractivity contribution in [3.05, 3.63) is 46.5 Å². The number of thiazole rings is 1. The molecule has 0 aliphatic heterocycles. The summed E-state index contributed by atoms with van der Waals surface area (Å²) < 4.78 is 0. The SMILES string of the molecule is C[C@H](C(=O)N(C)Cc1ccccc1)[C@@H]1CC[C@]2(C)Cc3sc(N)nc3[C@H](C)[C@@H]2[C@H]1O. The molecule has 2 aliphatic rings. The van der Waals surface area contributed by atoms with E-state index in [4.69, 9.17) is 5.73 Å². The molecule has 0 bridgehead atoms. The second-order valence-corrected chi connectivity index (χ2v) is 10.8. The van der Waals surface area contributed by atoms with Crippen LogP contribution in [0.1, 0.15) is 55.7 Å². The van der Waals surface area contributed by atoms with E-state index in [2.05, 4.69) is 18.8 Å². The first-order valence-corrected chi connectivity index (χ1v) is 11.7. The molecule has 1 amide bonds. The van der Waals surface area contributed by atoms with Crippen molar-refractivity contribution in [3.63, 3.8) is 0 Å². The van der Waals surface area contributed by atoms with Crippen molar-refractivity contribution >= 4 is 22.4 Å². The van der Waals surface area contributed by atoms with E-state index in [1.54, 1.807) is 16.2 Å². The van der Waals surface area contributed by atoms with Crippen molar-refractivity contribution < 1.29 is 9.90 Å². The average molecular weight is 428 g/mol. The van der Waals surface area contributed by atoms with Crippen molar-refractivity contribution in [2.24, 2.45) is 23.2 Å². The summed E-state index contributed by atoms with van der Waals surface area (Å²) in [6, 6.07) is 10.0. The van der Waals surface area contributed by atoms with Gasteiger partial charge in [0.15, 0.2) is 5.13 Å². The lowest BCUT2D eigenvalue weighted by molar-refractivity contribution is -0.144. The Kier molecular flexibility index (Phi) is 5.66. The fraction of sp³-hybridized carbons (Fsp3) is 0.583. The number of nitrogens with two attached hydrogens (primary N) is 1. The second-order valence-electron chi connectivity index (χ2n) is 9.67. The van der Waals surface area contributed by atoms with Gasteiger partial charge in [-0.15, -0.1) is 11.3 Å². The van der Waals surface area contributed by atoms with E-state index in [1.807, 2.05) is 44.3 Å². The summed E-state index contributed by atoms with van der Waals surface area (Å²) >= 11 is 1.59. The highest BCUT2D eigenvalue weighted by atomic mass is 32.1. The molecule has 3 N–H and O–H groups in total. The van der Waals surface area contributed by atoms with Crippen LogP contribution in [0.4, 0.5) is 5.13 Å². The third-order valence-electron chi connectivity index (χ3n) is 7.61. The highest BCUT2D eigenvalue weighted by Gasteiger charge is 2.54. The van der Waals surface area contributed by atoms with Gasteiger partial charge in [-0.2, -0.15) is 0 Å². The van der Waals surface area contributed by atoms with Crippen LogP contribution in [0, 0.1) is 23.2 Å². The molecule has 2 aliphatic carbocycles. The third-order valence-corrected chi connectivity index (χ3v) is 8.51. The van der Waals surface area contributed by atoms with Crippen LogP contribution < -0.4 is 5.73 Å². The van der Waals surface area contributed by atoms with Crippen molar-refractivity contribution in [1.82, 2.24) is 9.88 Å². The summed E-state index contributed by atoms with van der Waals surface area (Å²) in [7, 11) is 1.86. The predicted octanol–water partition coefficient (Wildman–Crippen LogP) is 4.07. The van der Waals surface area contributed by atoms with Crippen LogP contribution in [-0.4, -0.2) is 34.0 Å². The number of benzene rings is 1. The maximum atomic E-state index is 13.2. The van der Waals surface area contributed by atoms with E-state index in [9.17, 15) is 9.90 Å². The van der Waals surface area contributed by atoms with Crippen LogP contribution >= 0.6 is 11.3 Å². The maximum Gasteiger partial charge on any atom is 0.225 e. The van der Waals surface area contributed by atoms with E-state index in [0.717, 1.165) is 30.5 Å². The van der Waals surface area contributed by atoms with Gasteiger partial charge in [-0.25, -0.2) is 4.98 Å². The van der Waals surface area contributed by atoms with Gasteiger partial charge in [0.2, 0.25) is 5.91 Å². The molecule has 0 saturated heterocycles. The summed E-state index contributed by atoms with van der Waals surface area (Å²) in [6.07, 6.45) is 2.29. The van der Waals surface area contributed by atoms with Gasteiger partial charge in [-0.05, 0) is 42.1 Å². The highest BCUT2D eigenvalue weighted by molar-refractivity contribution is 7.15. The first-order chi connectivity index (χ1) is 14.2. The normalized spacial score (nSPS) is 31.5. The molecular weight excluding hydrogens is 394 g/mol. The Hall–Kier alpha value is -1.92. The Balaban J connectivity index is 1.51. The average Bonchev–Trinajstić information content (AvgIpc) is 3.07. The molecule has 5 nitrogen and oxygen atoms in total. The molecule has 6 atom stereocenters. The number of amides is 1. The Bertz CT molecular complexity index is 914. The summed E-state index contributed by atoms with van der Waals surface area (Å²) in [6.45, 7) is 7.03. The number of hydrogen-bond donors (Lipinski definition) is 2. The molecule has 1 heterocycles. The van der Waals surface area contributed by atoms with Gasteiger partial charge < -0.3 is 15.7 Å². The number of carbonyl (C=O) groups excluding carboxylic acids is 1. The number of anilines is 1. The smallest absolute Gasteiger partial charge is 0.225 e. The monoisotopic (exact) mass is 427 g/mol. The van der Waals surface area contributed by atoms with Gasteiger partial charge in [0, 0.05) is 30.3 Å². The lowest BCUT2D eigenvalue weighted by Gasteiger charge is -2.53. The van der Waals surface area contributed by atoms with E-state index < -0.39 is 6.10 Å². The van der Waals surface area contributed by atoms with Gasteiger partial charge in [0.05, 0.1) is 11.8 Å². The molecule has 30 heavy (non-hydrogen) atoms. The molecule has 0 unspecified atom stereocenters. The Morgan fingerprint density at radius 2 is 2.10 bits per heavy atom. The third kappa shape index (κ3) is 3.65. The number of aromatic nitrogens is 1. The standard InChI is InChI=1S/C24H33N3O2S/c1-14(22(29)27(4)13-16-8-6-5-7-9-16)17-10-11-24(3)12-18-20(26-23(25)30-18)15(2)19(24)21(17)28/h5-9,14-15,17,19,21,28H,10-13H2,1-4H3,(H2,25,26)/t14-,15+,17-,19+,21-,24+/m0/s1. The molecule has 2 aromatic rings. The van der Waals surface area contributed by atoms with Crippen LogP contribution in [0.15, 0.2) is 30.3 Å². The lowest BCUT2D eigenvalue weighted by atomic mass is 9.53. The Labute approximate surface area is 183 Å². The van der Waals surface area contributed by atoms with Gasteiger partial charge in [-0.3, -0.25) is 4.79 Å². The van der Waals surface area contributed by atoms with Crippen LogP contribution in [0.5, 0.6) is 0 Å². The van der Waals surface area contributed by atoms with Crippen molar-refractivity contribution in [1.29, 1.82) is 0 Å². The van der Waals surface area contributed by atoms with Crippen molar-refractivity contribution in [2.75, 3.05) is 12.8 Å². The number of aliphatic hydroxyl groups is 1. The summed E-state index contributed by atoms with van der Waals surface area (Å²) in [4.78, 5) is 20.9. The molecule has 162 valence electrons. The molecule has 4 rings (SSSR count). The Morgan fingerprint density at radius 3 is 2.80 bits per heavy atom. The quantitative estimate of drug-likeness (QED) is 0.771. The molecule has 1 aromatic heterocycles. The molecule has 1 aromatic carbocycles. The van der Waals surface area contributed by atoms with Gasteiger partial charge >= 0.3 is 0 Å². The molecule has 1 fully saturated rings. The van der Waals surface area contributed by atoms with Crippen molar-refractivity contribution in [3.8, 4) is 0 Å². The fourth-order valence-electron chi connectivity index (χ4n) is 6.03. The van der Waals surface area contributed by atoms with Crippen LogP contribution in [-0.2, 0) is 17.8 Å². The number of rotatable bonds is 4. The number of fused-ring (bicyclic) bond motifs is 2. The Morgan fingerprint density at radius 1 is 1.40 bits per heavy atom. The highest BCUT2D eigenvalue weighted by Crippen LogP contribution is 2.57. The van der Waals surface area contributed by atoms with E-state index in [-0.39, 0.29) is 35.0 Å². The number of hydrogen-bond acceptors (Lipinski definition) is 5. The molecular formula is C24H33N3O2S. The molecule has 6 heteroatoms. The summed E-state index contributed by atoms with van der Waals surface area (Å²) in [5, 5.41) is 12.1. The second kappa shape index (κ2) is 7.97. The van der Waals surface area contributed by atoms with Crippen LogP contribution in [0.2, 0.25) is 0 Å². The largest absolute Gasteiger partial charge is 0.392 e. The lowest BCUT2D eigenvalue weighted by Crippen LogP contribution is -2.53. The number of nitrogen functional groups attached to an aromatic ring is 1.